The molecular weight excluding hydrogens is 212 g/mol. The van der Waals surface area contributed by atoms with Crippen LogP contribution in [0.3, 0.4) is 0 Å². The average molecular weight is 236 g/mol. The largest absolute Gasteiger partial charge is 0.496 e. The van der Waals surface area contributed by atoms with E-state index in [9.17, 15) is 0 Å². The molecular formula is C14H24N2O. The molecule has 0 saturated heterocycles. The van der Waals surface area contributed by atoms with Crippen LogP contribution in [-0.2, 0) is 6.54 Å². The van der Waals surface area contributed by atoms with Gasteiger partial charge in [0.25, 0.3) is 0 Å². The summed E-state index contributed by atoms with van der Waals surface area (Å²) in [4.78, 5) is 4.48. The predicted molar refractivity (Wildman–Crippen MR) is 71.5 cm³/mol. The quantitative estimate of drug-likeness (QED) is 0.824. The molecule has 1 rings (SSSR count). The van der Waals surface area contributed by atoms with Crippen LogP contribution in [0.25, 0.3) is 0 Å². The molecule has 1 aromatic heterocycles. The number of hydrogen-bond acceptors (Lipinski definition) is 3. The normalized spacial score (nSPS) is 12.5. The lowest BCUT2D eigenvalue weighted by molar-refractivity contribution is 0.405. The van der Waals surface area contributed by atoms with E-state index in [-0.39, 0.29) is 0 Å². The zero-order valence-corrected chi connectivity index (χ0v) is 11.6. The molecule has 0 radical (unpaired) electrons. The summed E-state index contributed by atoms with van der Waals surface area (Å²) in [6.45, 7) is 9.32. The van der Waals surface area contributed by atoms with Gasteiger partial charge in [0.05, 0.1) is 12.8 Å². The van der Waals surface area contributed by atoms with Gasteiger partial charge in [0.2, 0.25) is 0 Å². The molecule has 3 nitrogen and oxygen atoms in total. The van der Waals surface area contributed by atoms with Crippen LogP contribution in [0.2, 0.25) is 0 Å². The maximum atomic E-state index is 5.40. The molecule has 0 fully saturated rings. The highest BCUT2D eigenvalue weighted by atomic mass is 16.5. The van der Waals surface area contributed by atoms with Gasteiger partial charge in [-0.05, 0) is 27.2 Å². The smallest absolute Gasteiger partial charge is 0.128 e. The minimum absolute atomic E-state index is 0.536. The highest BCUT2D eigenvalue weighted by Crippen LogP contribution is 2.23. The molecule has 96 valence electrons. The predicted octanol–water partition coefficient (Wildman–Crippen LogP) is 2.99. The maximum absolute atomic E-state index is 5.40. The van der Waals surface area contributed by atoms with E-state index in [4.69, 9.17) is 4.74 Å². The molecule has 0 aliphatic carbocycles. The van der Waals surface area contributed by atoms with Crippen LogP contribution in [0.5, 0.6) is 5.75 Å². The Morgan fingerprint density at radius 2 is 2.12 bits per heavy atom. The standard InChI is InChI=1S/C14H24N2O/c1-6-7-11(3)15-9-13-12(4)14(17-5)10(2)8-16-13/h8,11,15H,6-7,9H2,1-5H3. The Hall–Kier alpha value is -1.09. The van der Waals surface area contributed by atoms with E-state index in [1.807, 2.05) is 13.1 Å². The zero-order valence-electron chi connectivity index (χ0n) is 11.6. The SMILES string of the molecule is CCCC(C)NCc1ncc(C)c(OC)c1C. The van der Waals surface area contributed by atoms with Gasteiger partial charge in [-0.1, -0.05) is 13.3 Å². The van der Waals surface area contributed by atoms with E-state index in [0.29, 0.717) is 6.04 Å². The first-order valence-electron chi connectivity index (χ1n) is 6.32. The first-order valence-corrected chi connectivity index (χ1v) is 6.32. The molecule has 1 unspecified atom stereocenters. The van der Waals surface area contributed by atoms with Crippen LogP contribution in [0.15, 0.2) is 6.20 Å². The Bertz CT molecular complexity index is 363. The zero-order chi connectivity index (χ0) is 12.8. The van der Waals surface area contributed by atoms with Crippen molar-refractivity contribution in [1.82, 2.24) is 10.3 Å². The van der Waals surface area contributed by atoms with Crippen molar-refractivity contribution in [3.05, 3.63) is 23.0 Å². The summed E-state index contributed by atoms with van der Waals surface area (Å²) in [5, 5.41) is 3.49. The van der Waals surface area contributed by atoms with Crippen molar-refractivity contribution < 1.29 is 4.74 Å². The number of hydrogen-bond donors (Lipinski definition) is 1. The second kappa shape index (κ2) is 6.60. The number of nitrogens with zero attached hydrogens (tertiary/aromatic N) is 1. The third-order valence-electron chi connectivity index (χ3n) is 3.09. The van der Waals surface area contributed by atoms with E-state index >= 15 is 0 Å². The van der Waals surface area contributed by atoms with Gasteiger partial charge in [0, 0.05) is 29.9 Å². The first-order chi connectivity index (χ1) is 8.10. The van der Waals surface area contributed by atoms with Crippen molar-refractivity contribution >= 4 is 0 Å². The lowest BCUT2D eigenvalue weighted by Crippen LogP contribution is -2.26. The van der Waals surface area contributed by atoms with Crippen molar-refractivity contribution in [1.29, 1.82) is 0 Å². The van der Waals surface area contributed by atoms with Crippen LogP contribution in [0, 0.1) is 13.8 Å². The summed E-state index contributed by atoms with van der Waals surface area (Å²) >= 11 is 0. The van der Waals surface area contributed by atoms with E-state index in [1.165, 1.54) is 12.8 Å². The number of aryl methyl sites for hydroxylation is 1. The molecule has 0 amide bonds. The molecule has 1 heterocycles. The van der Waals surface area contributed by atoms with Crippen molar-refractivity contribution in [2.24, 2.45) is 0 Å². The van der Waals surface area contributed by atoms with Gasteiger partial charge in [-0.25, -0.2) is 0 Å². The summed E-state index contributed by atoms with van der Waals surface area (Å²) in [6, 6.07) is 0.536. The lowest BCUT2D eigenvalue weighted by atomic mass is 10.1. The highest BCUT2D eigenvalue weighted by molar-refractivity contribution is 5.40. The first kappa shape index (κ1) is 14.0. The molecule has 0 saturated carbocycles. The Balaban J connectivity index is 2.72. The number of nitrogens with one attached hydrogen (secondary N) is 1. The van der Waals surface area contributed by atoms with Gasteiger partial charge in [0.1, 0.15) is 5.75 Å². The van der Waals surface area contributed by atoms with Crippen LogP contribution in [0.1, 0.15) is 43.5 Å². The molecule has 3 heteroatoms. The lowest BCUT2D eigenvalue weighted by Gasteiger charge is -2.15. The minimum Gasteiger partial charge on any atom is -0.496 e. The average Bonchev–Trinajstić information content (AvgIpc) is 2.29. The Kier molecular flexibility index (Phi) is 5.42. The second-order valence-electron chi connectivity index (χ2n) is 4.62. The third-order valence-corrected chi connectivity index (χ3v) is 3.09. The molecule has 17 heavy (non-hydrogen) atoms. The summed E-state index contributed by atoms with van der Waals surface area (Å²) < 4.78 is 5.40. The second-order valence-corrected chi connectivity index (χ2v) is 4.62. The Labute approximate surface area is 105 Å². The summed E-state index contributed by atoms with van der Waals surface area (Å²) in [5.74, 6) is 0.958. The van der Waals surface area contributed by atoms with Crippen LogP contribution in [0.4, 0.5) is 0 Å². The van der Waals surface area contributed by atoms with Crippen molar-refractivity contribution in [2.75, 3.05) is 7.11 Å². The molecule has 0 aromatic carbocycles. The van der Waals surface area contributed by atoms with Gasteiger partial charge in [-0.3, -0.25) is 4.98 Å². The van der Waals surface area contributed by atoms with E-state index in [2.05, 4.69) is 31.1 Å². The van der Waals surface area contributed by atoms with Gasteiger partial charge < -0.3 is 10.1 Å². The van der Waals surface area contributed by atoms with Crippen LogP contribution in [-0.4, -0.2) is 18.1 Å². The third kappa shape index (κ3) is 3.70. The molecule has 0 aliphatic heterocycles. The monoisotopic (exact) mass is 236 g/mol. The number of aromatic nitrogens is 1. The maximum Gasteiger partial charge on any atom is 0.128 e. The van der Waals surface area contributed by atoms with Gasteiger partial charge >= 0.3 is 0 Å². The number of methoxy groups -OCH3 is 1. The highest BCUT2D eigenvalue weighted by Gasteiger charge is 2.09. The molecule has 0 aliphatic rings. The summed E-state index contributed by atoms with van der Waals surface area (Å²) in [7, 11) is 1.71. The fourth-order valence-electron chi connectivity index (χ4n) is 2.06. The van der Waals surface area contributed by atoms with E-state index in [1.54, 1.807) is 7.11 Å². The Morgan fingerprint density at radius 3 is 2.71 bits per heavy atom. The minimum atomic E-state index is 0.536. The van der Waals surface area contributed by atoms with E-state index < -0.39 is 0 Å². The topological polar surface area (TPSA) is 34.2 Å². The number of ether oxygens (including phenoxy) is 1. The fraction of sp³-hybridized carbons (Fsp3) is 0.643. The van der Waals surface area contributed by atoms with Crippen LogP contribution < -0.4 is 10.1 Å². The van der Waals surface area contributed by atoms with Crippen LogP contribution >= 0.6 is 0 Å². The van der Waals surface area contributed by atoms with Crippen molar-refractivity contribution in [2.45, 2.75) is 53.1 Å². The molecule has 1 N–H and O–H groups in total. The van der Waals surface area contributed by atoms with Gasteiger partial charge in [0.15, 0.2) is 0 Å². The molecule has 0 spiro atoms. The number of pyridine rings is 1. The summed E-state index contributed by atoms with van der Waals surface area (Å²) in [5.41, 5.74) is 3.31. The molecule has 0 bridgehead atoms. The Morgan fingerprint density at radius 1 is 1.41 bits per heavy atom. The van der Waals surface area contributed by atoms with Crippen molar-refractivity contribution in [3.8, 4) is 5.75 Å². The van der Waals surface area contributed by atoms with Crippen molar-refractivity contribution in [3.63, 3.8) is 0 Å². The molecule has 1 aromatic rings. The van der Waals surface area contributed by atoms with Gasteiger partial charge in [-0.2, -0.15) is 0 Å². The molecule has 1 atom stereocenters. The van der Waals surface area contributed by atoms with E-state index in [0.717, 1.165) is 29.1 Å². The van der Waals surface area contributed by atoms with Gasteiger partial charge in [-0.15, -0.1) is 0 Å². The fourth-order valence-corrected chi connectivity index (χ4v) is 2.06. The number of rotatable bonds is 6. The summed E-state index contributed by atoms with van der Waals surface area (Å²) in [6.07, 6.45) is 4.28.